The van der Waals surface area contributed by atoms with Crippen molar-refractivity contribution in [2.24, 2.45) is 0 Å². The van der Waals surface area contributed by atoms with Gasteiger partial charge in [-0.15, -0.1) is 15.3 Å². The number of anilines is 2. The Kier molecular flexibility index (Phi) is 3.39. The van der Waals surface area contributed by atoms with Crippen LogP contribution in [0.5, 0.6) is 5.75 Å². The van der Waals surface area contributed by atoms with Gasteiger partial charge in [-0.25, -0.2) is 0 Å². The van der Waals surface area contributed by atoms with Crippen molar-refractivity contribution in [1.82, 2.24) is 19.8 Å². The molecule has 0 aliphatic rings. The molecule has 0 aliphatic heterocycles. The number of methoxy groups -OCH3 is 1. The van der Waals surface area contributed by atoms with E-state index in [1.165, 1.54) is 11.3 Å². The van der Waals surface area contributed by atoms with Gasteiger partial charge in [-0.3, -0.25) is 0 Å². The summed E-state index contributed by atoms with van der Waals surface area (Å²) in [6.45, 7) is 0. The molecule has 0 fully saturated rings. The standard InChI is InChI=1S/C16H13N5OS/c1-22-13-9-7-11(8-10-13)14-18-19-16-21(14)20-15(23-16)17-12-5-3-2-4-6-12/h2-10H,1H3,(H,17,20). The Balaban J connectivity index is 1.68. The summed E-state index contributed by atoms with van der Waals surface area (Å²) in [6.07, 6.45) is 0. The Hall–Kier alpha value is -2.93. The lowest BCUT2D eigenvalue weighted by molar-refractivity contribution is 0.415. The fourth-order valence-electron chi connectivity index (χ4n) is 2.23. The predicted octanol–water partition coefficient (Wildman–Crippen LogP) is 3.61. The molecular weight excluding hydrogens is 310 g/mol. The van der Waals surface area contributed by atoms with E-state index in [1.807, 2.05) is 54.6 Å². The number of fused-ring (bicyclic) bond motifs is 1. The number of nitrogens with one attached hydrogen (secondary N) is 1. The summed E-state index contributed by atoms with van der Waals surface area (Å²) in [7, 11) is 1.65. The minimum Gasteiger partial charge on any atom is -0.497 e. The van der Waals surface area contributed by atoms with Gasteiger partial charge in [0.1, 0.15) is 5.75 Å². The molecule has 7 heteroatoms. The zero-order chi connectivity index (χ0) is 15.6. The summed E-state index contributed by atoms with van der Waals surface area (Å²) in [5.41, 5.74) is 1.93. The van der Waals surface area contributed by atoms with Crippen LogP contribution in [0.25, 0.3) is 16.3 Å². The van der Waals surface area contributed by atoms with E-state index in [2.05, 4.69) is 20.6 Å². The van der Waals surface area contributed by atoms with E-state index in [-0.39, 0.29) is 0 Å². The van der Waals surface area contributed by atoms with E-state index in [0.29, 0.717) is 5.82 Å². The van der Waals surface area contributed by atoms with Crippen molar-refractivity contribution in [3.63, 3.8) is 0 Å². The Morgan fingerprint density at radius 3 is 2.52 bits per heavy atom. The van der Waals surface area contributed by atoms with Crippen molar-refractivity contribution in [2.45, 2.75) is 0 Å². The van der Waals surface area contributed by atoms with Crippen molar-refractivity contribution in [3.8, 4) is 17.1 Å². The number of rotatable bonds is 4. The average Bonchev–Trinajstić information content (AvgIpc) is 3.16. The minimum absolute atomic E-state index is 0.708. The number of aromatic nitrogens is 4. The number of ether oxygens (including phenoxy) is 1. The number of nitrogens with zero attached hydrogens (tertiary/aromatic N) is 4. The summed E-state index contributed by atoms with van der Waals surface area (Å²) in [6, 6.07) is 17.6. The van der Waals surface area contributed by atoms with Crippen LogP contribution < -0.4 is 10.1 Å². The quantitative estimate of drug-likeness (QED) is 0.621. The molecule has 0 aliphatic carbocycles. The van der Waals surface area contributed by atoms with Crippen LogP contribution in [0, 0.1) is 0 Å². The van der Waals surface area contributed by atoms with Gasteiger partial charge in [0.2, 0.25) is 10.1 Å². The normalized spacial score (nSPS) is 10.8. The second kappa shape index (κ2) is 5.69. The van der Waals surface area contributed by atoms with Gasteiger partial charge in [-0.05, 0) is 36.4 Å². The first-order valence-corrected chi connectivity index (χ1v) is 7.84. The largest absolute Gasteiger partial charge is 0.497 e. The third kappa shape index (κ3) is 2.62. The van der Waals surface area contributed by atoms with Gasteiger partial charge in [0.15, 0.2) is 5.82 Å². The number of para-hydroxylation sites is 1. The molecule has 4 aromatic rings. The van der Waals surface area contributed by atoms with Crippen molar-refractivity contribution in [1.29, 1.82) is 0 Å². The third-order valence-electron chi connectivity index (χ3n) is 3.36. The topological polar surface area (TPSA) is 64.3 Å². The lowest BCUT2D eigenvalue weighted by Crippen LogP contribution is -1.94. The number of hydrogen-bond donors (Lipinski definition) is 1. The zero-order valence-electron chi connectivity index (χ0n) is 12.3. The summed E-state index contributed by atoms with van der Waals surface area (Å²) in [5.74, 6) is 1.51. The maximum Gasteiger partial charge on any atom is 0.236 e. The first kappa shape index (κ1) is 13.7. The Morgan fingerprint density at radius 1 is 1.00 bits per heavy atom. The molecule has 0 bridgehead atoms. The van der Waals surface area contributed by atoms with Gasteiger partial charge in [0.25, 0.3) is 0 Å². The van der Waals surface area contributed by atoms with E-state index in [1.54, 1.807) is 11.6 Å². The van der Waals surface area contributed by atoms with E-state index in [0.717, 1.165) is 27.1 Å². The molecule has 4 rings (SSSR count). The first-order valence-electron chi connectivity index (χ1n) is 7.02. The smallest absolute Gasteiger partial charge is 0.236 e. The highest BCUT2D eigenvalue weighted by atomic mass is 32.1. The van der Waals surface area contributed by atoms with Crippen LogP contribution in [0.1, 0.15) is 0 Å². The van der Waals surface area contributed by atoms with Gasteiger partial charge in [0, 0.05) is 11.3 Å². The molecule has 23 heavy (non-hydrogen) atoms. The molecule has 2 aromatic carbocycles. The lowest BCUT2D eigenvalue weighted by Gasteiger charge is -2.01. The van der Waals surface area contributed by atoms with Gasteiger partial charge < -0.3 is 10.1 Å². The van der Waals surface area contributed by atoms with Gasteiger partial charge >= 0.3 is 0 Å². The highest BCUT2D eigenvalue weighted by Crippen LogP contribution is 2.27. The van der Waals surface area contributed by atoms with E-state index in [9.17, 15) is 0 Å². The molecule has 0 atom stereocenters. The molecule has 0 saturated heterocycles. The highest BCUT2D eigenvalue weighted by molar-refractivity contribution is 7.20. The van der Waals surface area contributed by atoms with E-state index >= 15 is 0 Å². The van der Waals surface area contributed by atoms with Crippen molar-refractivity contribution in [2.75, 3.05) is 12.4 Å². The molecule has 6 nitrogen and oxygen atoms in total. The predicted molar refractivity (Wildman–Crippen MR) is 90.4 cm³/mol. The Morgan fingerprint density at radius 2 is 1.78 bits per heavy atom. The van der Waals surface area contributed by atoms with Gasteiger partial charge in [0.05, 0.1) is 7.11 Å². The maximum absolute atomic E-state index is 5.18. The summed E-state index contributed by atoms with van der Waals surface area (Å²) in [5, 5.41) is 17.0. The van der Waals surface area contributed by atoms with Crippen LogP contribution in [0.3, 0.4) is 0 Å². The summed E-state index contributed by atoms with van der Waals surface area (Å²) in [4.78, 5) is 0.745. The van der Waals surface area contributed by atoms with Crippen LogP contribution >= 0.6 is 11.3 Å². The molecule has 0 unspecified atom stereocenters. The van der Waals surface area contributed by atoms with E-state index < -0.39 is 0 Å². The molecule has 2 heterocycles. The maximum atomic E-state index is 5.18. The van der Waals surface area contributed by atoms with Crippen LogP contribution in [-0.4, -0.2) is 26.9 Å². The second-order valence-corrected chi connectivity index (χ2v) is 5.80. The molecule has 0 amide bonds. The number of benzene rings is 2. The zero-order valence-corrected chi connectivity index (χ0v) is 13.1. The SMILES string of the molecule is COc1ccc(-c2nnc3sc(Nc4ccccc4)nn23)cc1. The van der Waals surface area contributed by atoms with Gasteiger partial charge in [-0.2, -0.15) is 4.52 Å². The fourth-order valence-corrected chi connectivity index (χ4v) is 2.99. The highest BCUT2D eigenvalue weighted by Gasteiger charge is 2.13. The van der Waals surface area contributed by atoms with Crippen LogP contribution in [0.2, 0.25) is 0 Å². The Bertz CT molecular complexity index is 930. The van der Waals surface area contributed by atoms with Crippen LogP contribution in [-0.2, 0) is 0 Å². The molecule has 114 valence electrons. The summed E-state index contributed by atoms with van der Waals surface area (Å²) < 4.78 is 6.93. The van der Waals surface area contributed by atoms with Crippen molar-refractivity contribution >= 4 is 27.1 Å². The van der Waals surface area contributed by atoms with E-state index in [4.69, 9.17) is 4.74 Å². The lowest BCUT2D eigenvalue weighted by atomic mass is 10.2. The molecule has 0 radical (unpaired) electrons. The van der Waals surface area contributed by atoms with Crippen LogP contribution in [0.4, 0.5) is 10.8 Å². The minimum atomic E-state index is 0.708. The molecule has 2 aromatic heterocycles. The molecule has 1 N–H and O–H groups in total. The third-order valence-corrected chi connectivity index (χ3v) is 4.18. The van der Waals surface area contributed by atoms with Crippen molar-refractivity contribution in [3.05, 3.63) is 54.6 Å². The van der Waals surface area contributed by atoms with Gasteiger partial charge in [-0.1, -0.05) is 29.5 Å². The molecular formula is C16H13N5OS. The monoisotopic (exact) mass is 323 g/mol. The number of hydrogen-bond acceptors (Lipinski definition) is 6. The second-order valence-electron chi connectivity index (χ2n) is 4.84. The average molecular weight is 323 g/mol. The summed E-state index contributed by atoms with van der Waals surface area (Å²) >= 11 is 1.46. The Labute approximate surface area is 136 Å². The molecule has 0 spiro atoms. The first-order chi connectivity index (χ1) is 11.3. The van der Waals surface area contributed by atoms with Crippen molar-refractivity contribution < 1.29 is 4.74 Å². The fraction of sp³-hybridized carbons (Fsp3) is 0.0625. The molecule has 0 saturated carbocycles. The van der Waals surface area contributed by atoms with Crippen LogP contribution in [0.15, 0.2) is 54.6 Å².